The van der Waals surface area contributed by atoms with Gasteiger partial charge in [0.15, 0.2) is 0 Å². The van der Waals surface area contributed by atoms with E-state index in [1.54, 1.807) is 4.57 Å². The third-order valence-electron chi connectivity index (χ3n) is 8.45. The van der Waals surface area contributed by atoms with Crippen molar-refractivity contribution in [3.63, 3.8) is 0 Å². The molecule has 6 aromatic carbocycles. The molecule has 0 spiro atoms. The number of imidazole rings is 1. The maximum Gasteiger partial charge on any atom is 0.299 e. The largest absolute Gasteiger partial charge is 0.309 e. The zero-order valence-electron chi connectivity index (χ0n) is 23.1. The number of nitrogens with zero attached hydrogens (tertiary/aromatic N) is 4. The van der Waals surface area contributed by atoms with Gasteiger partial charge in [0, 0.05) is 22.1 Å². The minimum absolute atomic E-state index is 0.141. The van der Waals surface area contributed by atoms with Gasteiger partial charge in [-0.1, -0.05) is 78.9 Å². The molecule has 3 aromatic heterocycles. The molecule has 5 heteroatoms. The highest BCUT2D eigenvalue weighted by Crippen LogP contribution is 2.36. The molecule has 9 aromatic rings. The fraction of sp³-hybridized carbons (Fsp3) is 0. The molecular formula is C38H24N4O. The molecule has 0 bridgehead atoms. The van der Waals surface area contributed by atoms with Crippen LogP contribution in [0.15, 0.2) is 150 Å². The van der Waals surface area contributed by atoms with Crippen molar-refractivity contribution >= 4 is 49.5 Å². The molecule has 0 aliphatic heterocycles. The Morgan fingerprint density at radius 1 is 0.442 bits per heavy atom. The van der Waals surface area contributed by atoms with Gasteiger partial charge in [-0.05, 0) is 77.9 Å². The van der Waals surface area contributed by atoms with E-state index in [-0.39, 0.29) is 5.56 Å². The lowest BCUT2D eigenvalue weighted by Gasteiger charge is -2.14. The molecule has 3 heterocycles. The Bertz CT molecular complexity index is 2570. The Hall–Kier alpha value is -5.94. The normalized spacial score (nSPS) is 11.8. The Morgan fingerprint density at radius 2 is 1.02 bits per heavy atom. The van der Waals surface area contributed by atoms with Gasteiger partial charge in [-0.15, -0.1) is 0 Å². The van der Waals surface area contributed by atoms with E-state index in [4.69, 9.17) is 4.98 Å². The van der Waals surface area contributed by atoms with Gasteiger partial charge in [0.25, 0.3) is 5.56 Å². The second kappa shape index (κ2) is 9.03. The monoisotopic (exact) mass is 552 g/mol. The summed E-state index contributed by atoms with van der Waals surface area (Å²) in [6.07, 6.45) is 0. The summed E-state index contributed by atoms with van der Waals surface area (Å²) in [5, 5.41) is 2.41. The van der Waals surface area contributed by atoms with E-state index in [0.29, 0.717) is 5.65 Å². The molecule has 9 rings (SSSR count). The summed E-state index contributed by atoms with van der Waals surface area (Å²) in [5.74, 6) is 0. The molecule has 5 nitrogen and oxygen atoms in total. The van der Waals surface area contributed by atoms with Crippen molar-refractivity contribution in [1.82, 2.24) is 18.5 Å². The highest BCUT2D eigenvalue weighted by Gasteiger charge is 2.18. The zero-order valence-corrected chi connectivity index (χ0v) is 23.1. The van der Waals surface area contributed by atoms with E-state index in [9.17, 15) is 4.79 Å². The summed E-state index contributed by atoms with van der Waals surface area (Å²) in [4.78, 5) is 18.7. The van der Waals surface area contributed by atoms with E-state index in [0.717, 1.165) is 50.1 Å². The van der Waals surface area contributed by atoms with Crippen molar-refractivity contribution in [2.75, 3.05) is 0 Å². The summed E-state index contributed by atoms with van der Waals surface area (Å²) in [6, 6.07) is 49.9. The standard InChI is InChI=1S/C38H24N4O/c43-38-37-39-31-16-8-10-18-34(31)42(37)36-24-26(20-22-35(36)41(38)28-13-5-2-6-14-28)25-19-21-33-30(23-25)29-15-7-9-17-32(29)40(33)27-11-3-1-4-12-27/h1-24H. The maximum absolute atomic E-state index is 13.9. The zero-order chi connectivity index (χ0) is 28.5. The number of hydrogen-bond acceptors (Lipinski definition) is 2. The fourth-order valence-corrected chi connectivity index (χ4v) is 6.54. The van der Waals surface area contributed by atoms with Gasteiger partial charge in [0.05, 0.1) is 33.1 Å². The van der Waals surface area contributed by atoms with E-state index < -0.39 is 0 Å². The van der Waals surface area contributed by atoms with Crippen LogP contribution in [0.3, 0.4) is 0 Å². The second-order valence-corrected chi connectivity index (χ2v) is 10.9. The summed E-state index contributed by atoms with van der Waals surface area (Å²) >= 11 is 0. The molecule has 0 saturated heterocycles. The Morgan fingerprint density at radius 3 is 1.79 bits per heavy atom. The molecule has 0 N–H and O–H groups in total. The van der Waals surface area contributed by atoms with Gasteiger partial charge >= 0.3 is 0 Å². The predicted molar refractivity (Wildman–Crippen MR) is 176 cm³/mol. The van der Waals surface area contributed by atoms with Crippen LogP contribution in [0.1, 0.15) is 0 Å². The van der Waals surface area contributed by atoms with E-state index in [2.05, 4.69) is 89.5 Å². The highest BCUT2D eigenvalue weighted by molar-refractivity contribution is 6.10. The molecule has 43 heavy (non-hydrogen) atoms. The van der Waals surface area contributed by atoms with Crippen molar-refractivity contribution in [2.24, 2.45) is 0 Å². The average Bonchev–Trinajstić information content (AvgIpc) is 3.62. The number of hydrogen-bond donors (Lipinski definition) is 0. The molecule has 0 saturated carbocycles. The number of benzene rings is 6. The van der Waals surface area contributed by atoms with E-state index >= 15 is 0 Å². The fourth-order valence-electron chi connectivity index (χ4n) is 6.54. The summed E-state index contributed by atoms with van der Waals surface area (Å²) < 4.78 is 6.11. The highest BCUT2D eigenvalue weighted by atomic mass is 16.1. The molecule has 0 aliphatic carbocycles. The van der Waals surface area contributed by atoms with Crippen LogP contribution in [0.25, 0.3) is 72.0 Å². The van der Waals surface area contributed by atoms with Gasteiger partial charge in [0.2, 0.25) is 5.65 Å². The van der Waals surface area contributed by atoms with Crippen molar-refractivity contribution in [3.8, 4) is 22.5 Å². The van der Waals surface area contributed by atoms with E-state index in [1.165, 1.54) is 16.3 Å². The van der Waals surface area contributed by atoms with Crippen LogP contribution in [0.4, 0.5) is 0 Å². The Balaban J connectivity index is 1.34. The first-order valence-corrected chi connectivity index (χ1v) is 14.4. The molecule has 0 atom stereocenters. The first kappa shape index (κ1) is 23.7. The van der Waals surface area contributed by atoms with Crippen LogP contribution in [0.5, 0.6) is 0 Å². The third-order valence-corrected chi connectivity index (χ3v) is 8.45. The van der Waals surface area contributed by atoms with Gasteiger partial charge < -0.3 is 4.57 Å². The summed E-state index contributed by atoms with van der Waals surface area (Å²) in [7, 11) is 0. The first-order valence-electron chi connectivity index (χ1n) is 14.4. The van der Waals surface area contributed by atoms with Crippen molar-refractivity contribution in [3.05, 3.63) is 156 Å². The van der Waals surface area contributed by atoms with Crippen LogP contribution in [-0.2, 0) is 0 Å². The van der Waals surface area contributed by atoms with Crippen LogP contribution < -0.4 is 5.56 Å². The van der Waals surface area contributed by atoms with Crippen LogP contribution in [0, 0.1) is 0 Å². The first-order chi connectivity index (χ1) is 21.3. The lowest BCUT2D eigenvalue weighted by atomic mass is 10.0. The van der Waals surface area contributed by atoms with Crippen molar-refractivity contribution in [2.45, 2.75) is 0 Å². The predicted octanol–water partition coefficient (Wildman–Crippen LogP) is 8.56. The van der Waals surface area contributed by atoms with Gasteiger partial charge in [-0.25, -0.2) is 4.98 Å². The minimum Gasteiger partial charge on any atom is -0.309 e. The van der Waals surface area contributed by atoms with E-state index in [1.807, 2.05) is 65.1 Å². The number of para-hydroxylation sites is 5. The van der Waals surface area contributed by atoms with Crippen LogP contribution in [-0.4, -0.2) is 18.5 Å². The number of aromatic nitrogens is 4. The topological polar surface area (TPSA) is 44.2 Å². The maximum atomic E-state index is 13.9. The van der Waals surface area contributed by atoms with Crippen LogP contribution >= 0.6 is 0 Å². The third kappa shape index (κ3) is 3.45. The Labute approximate surface area is 246 Å². The summed E-state index contributed by atoms with van der Waals surface area (Å²) in [6.45, 7) is 0. The number of rotatable bonds is 3. The molecule has 202 valence electrons. The van der Waals surface area contributed by atoms with Crippen LogP contribution in [0.2, 0.25) is 0 Å². The van der Waals surface area contributed by atoms with Gasteiger partial charge in [-0.2, -0.15) is 0 Å². The quantitative estimate of drug-likeness (QED) is 0.220. The molecule has 0 unspecified atom stereocenters. The average molecular weight is 553 g/mol. The lowest BCUT2D eigenvalue weighted by Crippen LogP contribution is -2.21. The Kier molecular flexibility index (Phi) is 4.98. The molecular weight excluding hydrogens is 528 g/mol. The number of fused-ring (bicyclic) bond motifs is 8. The SMILES string of the molecule is O=c1c2nc3ccccc3n2c2cc(-c3ccc4c(c3)c3ccccc3n4-c3ccccc3)ccc2n1-c1ccccc1. The van der Waals surface area contributed by atoms with Crippen molar-refractivity contribution in [1.29, 1.82) is 0 Å². The van der Waals surface area contributed by atoms with Gasteiger partial charge in [-0.3, -0.25) is 13.8 Å². The van der Waals surface area contributed by atoms with Gasteiger partial charge in [0.1, 0.15) is 0 Å². The molecule has 0 radical (unpaired) electrons. The molecule has 0 aliphatic rings. The summed E-state index contributed by atoms with van der Waals surface area (Å²) in [5.41, 5.74) is 10.2. The lowest BCUT2D eigenvalue weighted by molar-refractivity contribution is 1.02. The molecule has 0 fully saturated rings. The minimum atomic E-state index is -0.141. The second-order valence-electron chi connectivity index (χ2n) is 10.9. The smallest absolute Gasteiger partial charge is 0.299 e. The van der Waals surface area contributed by atoms with Crippen molar-refractivity contribution < 1.29 is 0 Å². The molecule has 0 amide bonds.